The summed E-state index contributed by atoms with van der Waals surface area (Å²) in [4.78, 5) is 7.19. The van der Waals surface area contributed by atoms with Gasteiger partial charge in [-0.25, -0.2) is 4.98 Å². The minimum Gasteiger partial charge on any atom is -0.457 e. The van der Waals surface area contributed by atoms with Crippen molar-refractivity contribution in [1.82, 2.24) is 18.7 Å². The SMILES string of the molecule is FC(F)(F)c1cc(Br)c2nc(Nc3ccc(Oc4ccc5nsnc5c4)cc3)[nH]c2c1. The highest BCUT2D eigenvalue weighted by molar-refractivity contribution is 9.10. The predicted octanol–water partition coefficient (Wildman–Crippen LogP) is 6.88. The molecule has 0 atom stereocenters. The van der Waals surface area contributed by atoms with Crippen molar-refractivity contribution in [2.45, 2.75) is 6.18 Å². The molecule has 0 aliphatic heterocycles. The van der Waals surface area contributed by atoms with Gasteiger partial charge in [0, 0.05) is 16.2 Å². The Hall–Kier alpha value is -3.18. The smallest absolute Gasteiger partial charge is 0.416 e. The second-order valence-electron chi connectivity index (χ2n) is 6.60. The molecule has 0 bridgehead atoms. The number of anilines is 2. The van der Waals surface area contributed by atoms with Gasteiger partial charge in [-0.3, -0.25) is 0 Å². The zero-order valence-corrected chi connectivity index (χ0v) is 17.8. The lowest BCUT2D eigenvalue weighted by Gasteiger charge is -2.07. The van der Waals surface area contributed by atoms with E-state index >= 15 is 0 Å². The Balaban J connectivity index is 1.34. The molecule has 6 nitrogen and oxygen atoms in total. The maximum atomic E-state index is 13.0. The third-order valence-corrected chi connectivity index (χ3v) is 5.61. The van der Waals surface area contributed by atoms with Gasteiger partial charge in [-0.15, -0.1) is 0 Å². The summed E-state index contributed by atoms with van der Waals surface area (Å²) >= 11 is 4.30. The molecule has 2 aromatic heterocycles. The number of hydrogen-bond acceptors (Lipinski definition) is 6. The van der Waals surface area contributed by atoms with Crippen molar-refractivity contribution in [3.8, 4) is 11.5 Å². The number of H-pyrrole nitrogens is 1. The molecule has 0 aliphatic rings. The van der Waals surface area contributed by atoms with Crippen LogP contribution in [0.5, 0.6) is 11.5 Å². The monoisotopic (exact) mass is 505 g/mol. The second kappa shape index (κ2) is 7.50. The van der Waals surface area contributed by atoms with E-state index in [0.717, 1.165) is 34.9 Å². The number of benzene rings is 3. The standard InChI is InChI=1S/C20H11BrF3N5OS/c21-14-7-10(20(22,23)24)8-17-18(14)27-19(26-17)25-11-1-3-12(4-2-11)30-13-5-6-15-16(9-13)29-31-28-15/h1-9H,(H2,25,26,27). The van der Waals surface area contributed by atoms with Gasteiger partial charge in [0.15, 0.2) is 0 Å². The maximum absolute atomic E-state index is 13.0. The van der Waals surface area contributed by atoms with Crippen molar-refractivity contribution in [3.05, 3.63) is 64.6 Å². The molecule has 2 heterocycles. The summed E-state index contributed by atoms with van der Waals surface area (Å²) in [5.74, 6) is 1.59. The fourth-order valence-corrected chi connectivity index (χ4v) is 4.07. The van der Waals surface area contributed by atoms with Crippen LogP contribution in [0, 0.1) is 0 Å². The number of alkyl halides is 3. The Bertz CT molecular complexity index is 1400. The van der Waals surface area contributed by atoms with Crippen molar-refractivity contribution >= 4 is 61.4 Å². The average Bonchev–Trinajstić information content (AvgIpc) is 3.35. The van der Waals surface area contributed by atoms with E-state index in [1.807, 2.05) is 18.2 Å². The summed E-state index contributed by atoms with van der Waals surface area (Å²) < 4.78 is 53.5. The summed E-state index contributed by atoms with van der Waals surface area (Å²) in [5.41, 5.74) is 2.20. The van der Waals surface area contributed by atoms with Gasteiger partial charge in [0.2, 0.25) is 5.95 Å². The van der Waals surface area contributed by atoms with Crippen LogP contribution in [-0.2, 0) is 6.18 Å². The molecule has 31 heavy (non-hydrogen) atoms. The number of rotatable bonds is 4. The molecule has 0 saturated carbocycles. The van der Waals surface area contributed by atoms with E-state index in [9.17, 15) is 13.2 Å². The van der Waals surface area contributed by atoms with Gasteiger partial charge < -0.3 is 15.0 Å². The molecule has 0 radical (unpaired) electrons. The minimum absolute atomic E-state index is 0.262. The van der Waals surface area contributed by atoms with E-state index < -0.39 is 11.7 Å². The second-order valence-corrected chi connectivity index (χ2v) is 7.99. The van der Waals surface area contributed by atoms with Crippen LogP contribution in [0.15, 0.2) is 59.1 Å². The van der Waals surface area contributed by atoms with Crippen LogP contribution < -0.4 is 10.1 Å². The number of halogens is 4. The van der Waals surface area contributed by atoms with Crippen molar-refractivity contribution in [2.24, 2.45) is 0 Å². The molecule has 0 fully saturated rings. The molecule has 3 aromatic carbocycles. The first-order chi connectivity index (χ1) is 14.8. The predicted molar refractivity (Wildman–Crippen MR) is 116 cm³/mol. The molecular weight excluding hydrogens is 495 g/mol. The Kier molecular flexibility index (Phi) is 4.78. The lowest BCUT2D eigenvalue weighted by molar-refractivity contribution is -0.137. The van der Waals surface area contributed by atoms with E-state index in [1.54, 1.807) is 24.3 Å². The largest absolute Gasteiger partial charge is 0.457 e. The highest BCUT2D eigenvalue weighted by Crippen LogP contribution is 2.35. The lowest BCUT2D eigenvalue weighted by Crippen LogP contribution is -2.04. The molecule has 5 rings (SSSR count). The zero-order chi connectivity index (χ0) is 21.6. The molecular formula is C20H11BrF3N5OS. The quantitative estimate of drug-likeness (QED) is 0.278. The van der Waals surface area contributed by atoms with Gasteiger partial charge in [-0.1, -0.05) is 0 Å². The number of fused-ring (bicyclic) bond motifs is 2. The van der Waals surface area contributed by atoms with Gasteiger partial charge in [-0.2, -0.15) is 21.9 Å². The molecule has 0 amide bonds. The van der Waals surface area contributed by atoms with Gasteiger partial charge in [-0.05, 0) is 64.5 Å². The van der Waals surface area contributed by atoms with Crippen LogP contribution in [0.3, 0.4) is 0 Å². The first kappa shape index (κ1) is 19.8. The maximum Gasteiger partial charge on any atom is 0.416 e. The number of imidazole rings is 1. The van der Waals surface area contributed by atoms with Crippen LogP contribution in [-0.4, -0.2) is 18.7 Å². The Morgan fingerprint density at radius 3 is 2.45 bits per heavy atom. The molecule has 0 saturated heterocycles. The van der Waals surface area contributed by atoms with Crippen LogP contribution in [0.25, 0.3) is 22.1 Å². The third-order valence-electron chi connectivity index (χ3n) is 4.45. The normalized spacial score (nSPS) is 11.9. The van der Waals surface area contributed by atoms with Crippen molar-refractivity contribution in [3.63, 3.8) is 0 Å². The van der Waals surface area contributed by atoms with Crippen LogP contribution in [0.1, 0.15) is 5.56 Å². The molecule has 0 spiro atoms. The Morgan fingerprint density at radius 2 is 1.68 bits per heavy atom. The molecule has 0 unspecified atom stereocenters. The van der Waals surface area contributed by atoms with Gasteiger partial charge in [0.05, 0.1) is 22.8 Å². The summed E-state index contributed by atoms with van der Waals surface area (Å²) in [5, 5.41) is 3.05. The highest BCUT2D eigenvalue weighted by Gasteiger charge is 2.31. The van der Waals surface area contributed by atoms with Gasteiger partial charge >= 0.3 is 6.18 Å². The van der Waals surface area contributed by atoms with E-state index in [-0.39, 0.29) is 9.99 Å². The summed E-state index contributed by atoms with van der Waals surface area (Å²) in [6.07, 6.45) is -4.44. The third kappa shape index (κ3) is 4.06. The number of hydrogen-bond donors (Lipinski definition) is 2. The molecule has 5 aromatic rings. The summed E-state index contributed by atoms with van der Waals surface area (Å²) in [6.45, 7) is 0. The number of nitrogens with one attached hydrogen (secondary N) is 2. The van der Waals surface area contributed by atoms with E-state index in [1.165, 1.54) is 0 Å². The molecule has 11 heteroatoms. The average molecular weight is 506 g/mol. The van der Waals surface area contributed by atoms with E-state index in [2.05, 4.69) is 40.0 Å². The van der Waals surface area contributed by atoms with Gasteiger partial charge in [0.1, 0.15) is 28.0 Å². The summed E-state index contributed by atoms with van der Waals surface area (Å²) in [6, 6.07) is 14.6. The first-order valence-corrected chi connectivity index (χ1v) is 10.4. The topological polar surface area (TPSA) is 75.7 Å². The number of aromatic nitrogens is 4. The van der Waals surface area contributed by atoms with Crippen LogP contribution >= 0.6 is 27.7 Å². The number of aromatic amines is 1. The van der Waals surface area contributed by atoms with Crippen LogP contribution in [0.4, 0.5) is 24.8 Å². The molecule has 156 valence electrons. The molecule has 2 N–H and O–H groups in total. The fourth-order valence-electron chi connectivity index (χ4n) is 3.00. The molecule has 0 aliphatic carbocycles. The first-order valence-electron chi connectivity index (χ1n) is 8.89. The number of ether oxygens (including phenoxy) is 1. The lowest BCUT2D eigenvalue weighted by atomic mass is 10.2. The van der Waals surface area contributed by atoms with E-state index in [0.29, 0.717) is 28.7 Å². The van der Waals surface area contributed by atoms with Crippen molar-refractivity contribution in [1.29, 1.82) is 0 Å². The van der Waals surface area contributed by atoms with Crippen LogP contribution in [0.2, 0.25) is 0 Å². The fraction of sp³-hybridized carbons (Fsp3) is 0.0500. The van der Waals surface area contributed by atoms with Gasteiger partial charge in [0.25, 0.3) is 0 Å². The number of nitrogens with zero attached hydrogens (tertiary/aromatic N) is 3. The Labute approximate surface area is 185 Å². The zero-order valence-electron chi connectivity index (χ0n) is 15.4. The minimum atomic E-state index is -4.44. The Morgan fingerprint density at radius 1 is 0.935 bits per heavy atom. The summed E-state index contributed by atoms with van der Waals surface area (Å²) in [7, 11) is 0. The van der Waals surface area contributed by atoms with Crippen molar-refractivity contribution in [2.75, 3.05) is 5.32 Å². The highest BCUT2D eigenvalue weighted by atomic mass is 79.9. The van der Waals surface area contributed by atoms with E-state index in [4.69, 9.17) is 4.74 Å². The van der Waals surface area contributed by atoms with Crippen molar-refractivity contribution < 1.29 is 17.9 Å².